The smallest absolute Gasteiger partial charge is 0.317 e. The summed E-state index contributed by atoms with van der Waals surface area (Å²) < 4.78 is 15.1. The Hall–Kier alpha value is -2.41. The lowest BCUT2D eigenvalue weighted by Gasteiger charge is -2.34. The fourth-order valence-electron chi connectivity index (χ4n) is 3.33. The van der Waals surface area contributed by atoms with Crippen LogP contribution in [0.25, 0.3) is 0 Å². The average Bonchev–Trinajstić information content (AvgIpc) is 3.15. The van der Waals surface area contributed by atoms with Gasteiger partial charge in [0, 0.05) is 64.1 Å². The number of nitrogens with zero attached hydrogens (tertiary/aromatic N) is 4. The molecule has 0 radical (unpaired) electrons. The highest BCUT2D eigenvalue weighted by Gasteiger charge is 2.21. The molecule has 6 nitrogen and oxygen atoms in total. The van der Waals surface area contributed by atoms with Crippen molar-refractivity contribution in [2.24, 2.45) is 0 Å². The molecule has 0 unspecified atom stereocenters. The summed E-state index contributed by atoms with van der Waals surface area (Å²) in [5.41, 5.74) is 0.893. The van der Waals surface area contributed by atoms with Crippen LogP contribution in [0.15, 0.2) is 36.7 Å². The van der Waals surface area contributed by atoms with Gasteiger partial charge in [-0.25, -0.2) is 14.2 Å². The lowest BCUT2D eigenvalue weighted by atomic mass is 10.2. The second kappa shape index (κ2) is 8.99. The first-order valence-corrected chi connectivity index (χ1v) is 9.53. The van der Waals surface area contributed by atoms with E-state index in [1.165, 1.54) is 12.1 Å². The predicted molar refractivity (Wildman–Crippen MR) is 103 cm³/mol. The van der Waals surface area contributed by atoms with Crippen LogP contribution in [0.3, 0.4) is 0 Å². The minimum Gasteiger partial charge on any atom is -0.334 e. The first kappa shape index (κ1) is 19.4. The highest BCUT2D eigenvalue weighted by molar-refractivity contribution is 5.74. The second-order valence-electron chi connectivity index (χ2n) is 7.25. The molecule has 1 aromatic heterocycles. The van der Waals surface area contributed by atoms with Crippen molar-refractivity contribution in [3.63, 3.8) is 0 Å². The maximum absolute atomic E-state index is 12.9. The van der Waals surface area contributed by atoms with Crippen molar-refractivity contribution in [1.29, 1.82) is 0 Å². The van der Waals surface area contributed by atoms with E-state index < -0.39 is 0 Å². The summed E-state index contributed by atoms with van der Waals surface area (Å²) in [6, 6.07) is 6.14. The number of imidazole rings is 1. The maximum Gasteiger partial charge on any atom is 0.317 e. The molecule has 3 rings (SSSR count). The van der Waals surface area contributed by atoms with E-state index in [-0.39, 0.29) is 11.8 Å². The third-order valence-corrected chi connectivity index (χ3v) is 4.94. The average molecular weight is 373 g/mol. The SMILES string of the molecule is CC(C)c1nccn1CCN1CCN(C(=O)NCc2ccc(F)cc2)CC1. The summed E-state index contributed by atoms with van der Waals surface area (Å²) in [5.74, 6) is 1.27. The number of aromatic nitrogens is 2. The van der Waals surface area contributed by atoms with Crippen molar-refractivity contribution in [3.05, 3.63) is 53.9 Å². The summed E-state index contributed by atoms with van der Waals surface area (Å²) in [4.78, 5) is 21.0. The van der Waals surface area contributed by atoms with E-state index in [9.17, 15) is 9.18 Å². The Morgan fingerprint density at radius 2 is 1.85 bits per heavy atom. The van der Waals surface area contributed by atoms with E-state index in [1.54, 1.807) is 12.1 Å². The molecule has 0 aliphatic carbocycles. The minimum atomic E-state index is -0.266. The van der Waals surface area contributed by atoms with Gasteiger partial charge in [0.25, 0.3) is 0 Å². The normalized spacial score (nSPS) is 15.3. The van der Waals surface area contributed by atoms with Crippen LogP contribution in [0.5, 0.6) is 0 Å². The van der Waals surface area contributed by atoms with Crippen molar-refractivity contribution in [2.75, 3.05) is 32.7 Å². The third-order valence-electron chi connectivity index (χ3n) is 4.94. The zero-order valence-electron chi connectivity index (χ0n) is 16.1. The molecule has 2 amide bonds. The number of benzene rings is 1. The molecule has 146 valence electrons. The molecule has 0 bridgehead atoms. The van der Waals surface area contributed by atoms with Gasteiger partial charge in [0.2, 0.25) is 0 Å². The van der Waals surface area contributed by atoms with Crippen LogP contribution in [-0.2, 0) is 13.1 Å². The first-order valence-electron chi connectivity index (χ1n) is 9.53. The molecule has 1 fully saturated rings. The van der Waals surface area contributed by atoms with Gasteiger partial charge in [-0.1, -0.05) is 26.0 Å². The summed E-state index contributed by atoms with van der Waals surface area (Å²) in [6.07, 6.45) is 3.90. The van der Waals surface area contributed by atoms with Crippen LogP contribution in [0.4, 0.5) is 9.18 Å². The zero-order valence-corrected chi connectivity index (χ0v) is 16.1. The fourth-order valence-corrected chi connectivity index (χ4v) is 3.33. The predicted octanol–water partition coefficient (Wildman–Crippen LogP) is 2.67. The molecular formula is C20H28FN5O. The molecule has 2 aromatic rings. The van der Waals surface area contributed by atoms with Gasteiger partial charge in [-0.3, -0.25) is 4.90 Å². The fraction of sp³-hybridized carbons (Fsp3) is 0.500. The Labute approximate surface area is 160 Å². The van der Waals surface area contributed by atoms with Gasteiger partial charge in [0.15, 0.2) is 0 Å². The second-order valence-corrected chi connectivity index (χ2v) is 7.25. The summed E-state index contributed by atoms with van der Waals surface area (Å²) in [7, 11) is 0. The number of rotatable bonds is 6. The van der Waals surface area contributed by atoms with Gasteiger partial charge in [-0.15, -0.1) is 0 Å². The van der Waals surface area contributed by atoms with Crippen LogP contribution in [0.2, 0.25) is 0 Å². The Bertz CT molecular complexity index is 735. The molecule has 1 aliphatic rings. The Balaban J connectivity index is 1.39. The molecule has 1 saturated heterocycles. The first-order chi connectivity index (χ1) is 13.0. The molecule has 0 saturated carbocycles. The molecule has 0 atom stereocenters. The van der Waals surface area contributed by atoms with Crippen molar-refractivity contribution >= 4 is 6.03 Å². The van der Waals surface area contributed by atoms with Crippen LogP contribution < -0.4 is 5.32 Å². The van der Waals surface area contributed by atoms with Gasteiger partial charge in [-0.2, -0.15) is 0 Å². The van der Waals surface area contributed by atoms with E-state index in [4.69, 9.17) is 0 Å². The number of hydrogen-bond acceptors (Lipinski definition) is 3. The zero-order chi connectivity index (χ0) is 19.2. The lowest BCUT2D eigenvalue weighted by Crippen LogP contribution is -2.52. The number of amides is 2. The number of nitrogens with one attached hydrogen (secondary N) is 1. The van der Waals surface area contributed by atoms with E-state index >= 15 is 0 Å². The van der Waals surface area contributed by atoms with Crippen LogP contribution >= 0.6 is 0 Å². The number of piperazine rings is 1. The van der Waals surface area contributed by atoms with Gasteiger partial charge in [-0.05, 0) is 17.7 Å². The van der Waals surface area contributed by atoms with Crippen LogP contribution in [0.1, 0.15) is 31.2 Å². The number of carbonyl (C=O) groups excluding carboxylic acids is 1. The largest absolute Gasteiger partial charge is 0.334 e. The minimum absolute atomic E-state index is 0.0596. The Morgan fingerprint density at radius 3 is 2.52 bits per heavy atom. The van der Waals surface area contributed by atoms with E-state index in [0.29, 0.717) is 12.5 Å². The van der Waals surface area contributed by atoms with Crippen molar-refractivity contribution in [1.82, 2.24) is 24.7 Å². The quantitative estimate of drug-likeness (QED) is 0.847. The molecular weight excluding hydrogens is 345 g/mol. The molecule has 1 aliphatic heterocycles. The molecule has 7 heteroatoms. The molecule has 27 heavy (non-hydrogen) atoms. The lowest BCUT2D eigenvalue weighted by molar-refractivity contribution is 0.136. The van der Waals surface area contributed by atoms with Crippen molar-refractivity contribution in [3.8, 4) is 0 Å². The monoisotopic (exact) mass is 373 g/mol. The van der Waals surface area contributed by atoms with Gasteiger partial charge in [0.05, 0.1) is 0 Å². The van der Waals surface area contributed by atoms with E-state index in [0.717, 1.165) is 50.7 Å². The molecule has 1 aromatic carbocycles. The number of halogens is 1. The highest BCUT2D eigenvalue weighted by atomic mass is 19.1. The van der Waals surface area contributed by atoms with Gasteiger partial charge in [0.1, 0.15) is 11.6 Å². The van der Waals surface area contributed by atoms with Crippen LogP contribution in [-0.4, -0.2) is 58.1 Å². The topological polar surface area (TPSA) is 53.4 Å². The summed E-state index contributed by atoms with van der Waals surface area (Å²) in [6.45, 7) is 9.78. The number of hydrogen-bond donors (Lipinski definition) is 1. The van der Waals surface area contributed by atoms with Gasteiger partial charge < -0.3 is 14.8 Å². The Morgan fingerprint density at radius 1 is 1.15 bits per heavy atom. The van der Waals surface area contributed by atoms with Crippen molar-refractivity contribution < 1.29 is 9.18 Å². The third kappa shape index (κ3) is 5.29. The number of carbonyl (C=O) groups is 1. The molecule has 1 N–H and O–H groups in total. The summed E-state index contributed by atoms with van der Waals surface area (Å²) >= 11 is 0. The maximum atomic E-state index is 12.9. The molecule has 2 heterocycles. The van der Waals surface area contributed by atoms with E-state index in [2.05, 4.69) is 33.6 Å². The van der Waals surface area contributed by atoms with Gasteiger partial charge >= 0.3 is 6.03 Å². The van der Waals surface area contributed by atoms with Crippen molar-refractivity contribution in [2.45, 2.75) is 32.9 Å². The Kier molecular flexibility index (Phi) is 6.45. The standard InChI is InChI=1S/C20H28FN5O/c1-16(2)19-22-7-8-25(19)12-9-24-10-13-26(14-11-24)20(27)23-15-17-3-5-18(21)6-4-17/h3-8,16H,9-15H2,1-2H3,(H,23,27). The van der Waals surface area contributed by atoms with E-state index in [1.807, 2.05) is 17.3 Å². The molecule has 0 spiro atoms. The highest BCUT2D eigenvalue weighted by Crippen LogP contribution is 2.12. The van der Waals surface area contributed by atoms with Crippen LogP contribution in [0, 0.1) is 5.82 Å². The summed E-state index contributed by atoms with van der Waals surface area (Å²) in [5, 5.41) is 2.91. The number of urea groups is 1.